The highest BCUT2D eigenvalue weighted by atomic mass is 16.5. The van der Waals surface area contributed by atoms with Gasteiger partial charge in [-0.15, -0.1) is 5.10 Å². The molecule has 1 atom stereocenters. The lowest BCUT2D eigenvalue weighted by molar-refractivity contribution is -0.139. The van der Waals surface area contributed by atoms with E-state index in [2.05, 4.69) is 21.3 Å². The molecule has 2 aromatic heterocycles. The van der Waals surface area contributed by atoms with Crippen LogP contribution in [0.25, 0.3) is 10.9 Å². The second kappa shape index (κ2) is 6.46. The van der Waals surface area contributed by atoms with Crippen molar-refractivity contribution in [2.45, 2.75) is 12.3 Å². The lowest BCUT2D eigenvalue weighted by Gasteiger charge is -2.24. The van der Waals surface area contributed by atoms with Crippen molar-refractivity contribution < 1.29 is 14.3 Å². The van der Waals surface area contributed by atoms with Gasteiger partial charge in [-0.1, -0.05) is 18.2 Å². The van der Waals surface area contributed by atoms with Crippen LogP contribution in [-0.2, 0) is 16.0 Å². The summed E-state index contributed by atoms with van der Waals surface area (Å²) in [5, 5.41) is 17.6. The van der Waals surface area contributed by atoms with Crippen LogP contribution in [0, 0.1) is 11.3 Å². The summed E-state index contributed by atoms with van der Waals surface area (Å²) in [4.78, 5) is 16.2. The van der Waals surface area contributed by atoms with Crippen LogP contribution in [0.2, 0.25) is 0 Å². The van der Waals surface area contributed by atoms with E-state index in [1.54, 1.807) is 6.20 Å². The number of hydrogen-bond donors (Lipinski definition) is 2. The number of rotatable bonds is 3. The van der Waals surface area contributed by atoms with Crippen LogP contribution in [0.1, 0.15) is 22.7 Å². The summed E-state index contributed by atoms with van der Waals surface area (Å²) in [6.45, 7) is 0. The lowest BCUT2D eigenvalue weighted by atomic mass is 9.82. The van der Waals surface area contributed by atoms with Crippen LogP contribution in [-0.4, -0.2) is 28.3 Å². The Balaban J connectivity index is 1.97. The third-order valence-corrected chi connectivity index (χ3v) is 4.56. The van der Waals surface area contributed by atoms with Gasteiger partial charge in [0.15, 0.2) is 0 Å². The number of hydrogen-bond acceptors (Lipinski definition) is 7. The molecule has 3 N–H and O–H groups in total. The average Bonchev–Trinajstić information content (AvgIpc) is 3.08. The Morgan fingerprint density at radius 1 is 1.41 bits per heavy atom. The molecule has 0 unspecified atom stereocenters. The minimum absolute atomic E-state index is 0.00740. The van der Waals surface area contributed by atoms with E-state index in [1.165, 1.54) is 7.11 Å². The van der Waals surface area contributed by atoms with E-state index in [0.717, 1.165) is 16.5 Å². The van der Waals surface area contributed by atoms with E-state index in [1.807, 2.05) is 30.3 Å². The van der Waals surface area contributed by atoms with Gasteiger partial charge < -0.3 is 15.2 Å². The molecule has 1 aliphatic heterocycles. The third kappa shape index (κ3) is 2.66. The Hall–Kier alpha value is -3.86. The largest absolute Gasteiger partial charge is 0.469 e. The number of nitrogens with one attached hydrogen (secondary N) is 1. The van der Waals surface area contributed by atoms with Crippen LogP contribution in [0.4, 0.5) is 0 Å². The Kier molecular flexibility index (Phi) is 3.97. The molecule has 0 saturated heterocycles. The number of carbonyl (C=O) groups is 1. The van der Waals surface area contributed by atoms with Crippen molar-refractivity contribution >= 4 is 16.9 Å². The fraction of sp³-hybridized carbons (Fsp3) is 0.158. The SMILES string of the molecule is COC(=O)Cc1[nH]nc2c1[C@@H](c1ccnc3ccccc13)C(C#N)=C(N)O2. The Bertz CT molecular complexity index is 1120. The molecule has 1 aromatic carbocycles. The molecular formula is C19H15N5O3. The van der Waals surface area contributed by atoms with E-state index < -0.39 is 11.9 Å². The Morgan fingerprint density at radius 2 is 2.22 bits per heavy atom. The predicted molar refractivity (Wildman–Crippen MR) is 95.3 cm³/mol. The van der Waals surface area contributed by atoms with E-state index in [-0.39, 0.29) is 23.8 Å². The van der Waals surface area contributed by atoms with Crippen LogP contribution in [0.15, 0.2) is 48.0 Å². The normalized spacial score (nSPS) is 15.8. The van der Waals surface area contributed by atoms with E-state index in [4.69, 9.17) is 15.2 Å². The summed E-state index contributed by atoms with van der Waals surface area (Å²) in [5.74, 6) is -0.728. The summed E-state index contributed by atoms with van der Waals surface area (Å²) in [6, 6.07) is 11.6. The van der Waals surface area contributed by atoms with Crippen molar-refractivity contribution in [1.29, 1.82) is 5.26 Å². The summed E-state index contributed by atoms with van der Waals surface area (Å²) in [6.07, 6.45) is 1.65. The number of aromatic amines is 1. The molecule has 4 rings (SSSR count). The summed E-state index contributed by atoms with van der Waals surface area (Å²) < 4.78 is 10.3. The van der Waals surface area contributed by atoms with Crippen molar-refractivity contribution in [3.8, 4) is 11.9 Å². The molecule has 0 fully saturated rings. The third-order valence-electron chi connectivity index (χ3n) is 4.56. The monoisotopic (exact) mass is 361 g/mol. The fourth-order valence-corrected chi connectivity index (χ4v) is 3.34. The number of benzene rings is 1. The molecule has 0 bridgehead atoms. The van der Waals surface area contributed by atoms with Gasteiger partial charge in [0.2, 0.25) is 11.8 Å². The van der Waals surface area contributed by atoms with E-state index in [9.17, 15) is 10.1 Å². The van der Waals surface area contributed by atoms with Crippen molar-refractivity contribution in [1.82, 2.24) is 15.2 Å². The van der Waals surface area contributed by atoms with Gasteiger partial charge in [-0.3, -0.25) is 14.9 Å². The smallest absolute Gasteiger partial charge is 0.311 e. The number of aromatic nitrogens is 3. The molecule has 3 heterocycles. The topological polar surface area (TPSA) is 127 Å². The first kappa shape index (κ1) is 16.6. The molecule has 1 aliphatic rings. The lowest BCUT2D eigenvalue weighted by Crippen LogP contribution is -2.22. The van der Waals surface area contributed by atoms with Gasteiger partial charge in [0.25, 0.3) is 0 Å². The quantitative estimate of drug-likeness (QED) is 0.682. The van der Waals surface area contributed by atoms with Crippen molar-refractivity contribution in [3.05, 3.63) is 64.8 Å². The number of nitrogens with zero attached hydrogens (tertiary/aromatic N) is 3. The maximum absolute atomic E-state index is 11.8. The first-order chi connectivity index (χ1) is 13.1. The number of nitrogens with two attached hydrogens (primary N) is 1. The molecular weight excluding hydrogens is 346 g/mol. The second-order valence-electron chi connectivity index (χ2n) is 6.02. The molecule has 8 nitrogen and oxygen atoms in total. The highest BCUT2D eigenvalue weighted by molar-refractivity contribution is 5.84. The summed E-state index contributed by atoms with van der Waals surface area (Å²) in [5.41, 5.74) is 8.98. The van der Waals surface area contributed by atoms with Crippen molar-refractivity contribution in [3.63, 3.8) is 0 Å². The minimum atomic E-state index is -0.537. The van der Waals surface area contributed by atoms with Gasteiger partial charge in [-0.2, -0.15) is 5.26 Å². The molecule has 134 valence electrons. The number of H-pyrrole nitrogens is 1. The van der Waals surface area contributed by atoms with Gasteiger partial charge in [-0.25, -0.2) is 0 Å². The van der Waals surface area contributed by atoms with E-state index >= 15 is 0 Å². The number of nitriles is 1. The molecule has 3 aromatic rings. The number of carbonyl (C=O) groups excluding carboxylic acids is 1. The number of fused-ring (bicyclic) bond motifs is 2. The number of para-hydroxylation sites is 1. The highest BCUT2D eigenvalue weighted by Gasteiger charge is 2.36. The maximum atomic E-state index is 11.8. The standard InChI is InChI=1S/C19H15N5O3/c1-26-15(25)8-14-17-16(12(9-20)18(21)27-19(17)24-23-14)11-6-7-22-13-5-3-2-4-10(11)13/h2-7,16H,8,21H2,1H3,(H,23,24)/t16-/m0/s1. The second-order valence-corrected chi connectivity index (χ2v) is 6.02. The molecule has 0 amide bonds. The van der Waals surface area contributed by atoms with Crippen molar-refractivity contribution in [2.24, 2.45) is 5.73 Å². The molecule has 27 heavy (non-hydrogen) atoms. The van der Waals surface area contributed by atoms with Gasteiger partial charge in [0, 0.05) is 11.6 Å². The summed E-state index contributed by atoms with van der Waals surface area (Å²) in [7, 11) is 1.31. The number of methoxy groups -OCH3 is 1. The van der Waals surface area contributed by atoms with Crippen LogP contribution >= 0.6 is 0 Å². The predicted octanol–water partition coefficient (Wildman–Crippen LogP) is 1.89. The first-order valence-corrected chi connectivity index (χ1v) is 8.19. The van der Waals surface area contributed by atoms with E-state index in [0.29, 0.717) is 11.3 Å². The van der Waals surface area contributed by atoms with Crippen molar-refractivity contribution in [2.75, 3.05) is 7.11 Å². The summed E-state index contributed by atoms with van der Waals surface area (Å²) >= 11 is 0. The van der Waals surface area contributed by atoms with Gasteiger partial charge in [-0.05, 0) is 17.7 Å². The Morgan fingerprint density at radius 3 is 3.00 bits per heavy atom. The van der Waals surface area contributed by atoms with Crippen LogP contribution in [0.5, 0.6) is 5.88 Å². The van der Waals surface area contributed by atoms with Gasteiger partial charge >= 0.3 is 5.97 Å². The number of allylic oxidation sites excluding steroid dienone is 1. The number of pyridine rings is 1. The molecule has 0 spiro atoms. The minimum Gasteiger partial charge on any atom is -0.469 e. The van der Waals surface area contributed by atoms with Gasteiger partial charge in [0.05, 0.1) is 36.2 Å². The number of ether oxygens (including phenoxy) is 2. The number of esters is 1. The zero-order valence-corrected chi connectivity index (χ0v) is 14.4. The highest BCUT2D eigenvalue weighted by Crippen LogP contribution is 2.44. The Labute approximate surface area is 154 Å². The van der Waals surface area contributed by atoms with Gasteiger partial charge in [0.1, 0.15) is 11.6 Å². The zero-order valence-electron chi connectivity index (χ0n) is 14.4. The maximum Gasteiger partial charge on any atom is 0.311 e. The molecule has 0 aliphatic carbocycles. The molecule has 0 radical (unpaired) electrons. The molecule has 8 heteroatoms. The molecule has 0 saturated carbocycles. The average molecular weight is 361 g/mol. The first-order valence-electron chi connectivity index (χ1n) is 8.19. The van der Waals surface area contributed by atoms with Crippen LogP contribution in [0.3, 0.4) is 0 Å². The fourth-order valence-electron chi connectivity index (χ4n) is 3.34. The zero-order chi connectivity index (χ0) is 19.0. The van der Waals surface area contributed by atoms with Crippen LogP contribution < -0.4 is 10.5 Å².